The van der Waals surface area contributed by atoms with Gasteiger partial charge in [0.2, 0.25) is 5.82 Å². The van der Waals surface area contributed by atoms with Crippen LogP contribution in [0, 0.1) is 12.7 Å². The number of allylic oxidation sites excluding steroid dienone is 1. The zero-order chi connectivity index (χ0) is 24.5. The Morgan fingerprint density at radius 3 is 2.44 bits per heavy atom. The summed E-state index contributed by atoms with van der Waals surface area (Å²) in [6.45, 7) is 2.28. The fourth-order valence-corrected chi connectivity index (χ4v) is 4.49. The number of halogens is 4. The van der Waals surface area contributed by atoms with Crippen molar-refractivity contribution >= 4 is 22.4 Å². The summed E-state index contributed by atoms with van der Waals surface area (Å²) in [5.74, 6) is 0.0342. The summed E-state index contributed by atoms with van der Waals surface area (Å²) in [6.07, 6.45) is 5.43. The number of hydrogen-bond donors (Lipinski definition) is 1. The Balaban J connectivity index is 1.51. The topological polar surface area (TPSA) is 58.1 Å². The second-order valence-corrected chi connectivity index (χ2v) is 10.2. The van der Waals surface area contributed by atoms with E-state index in [-0.39, 0.29) is 29.5 Å². The van der Waals surface area contributed by atoms with Gasteiger partial charge >= 0.3 is 6.18 Å². The summed E-state index contributed by atoms with van der Waals surface area (Å²) in [5.41, 5.74) is 0.875. The fraction of sp³-hybridized carbons (Fsp3) is 0.417. The van der Waals surface area contributed by atoms with Gasteiger partial charge in [-0.15, -0.1) is 0 Å². The third-order valence-corrected chi connectivity index (χ3v) is 7.07. The molecule has 1 aromatic carbocycles. The molecule has 10 heteroatoms. The van der Waals surface area contributed by atoms with Gasteiger partial charge in [-0.2, -0.15) is 17.6 Å². The minimum atomic E-state index is -4.40. The zero-order valence-electron chi connectivity index (χ0n) is 18.9. The van der Waals surface area contributed by atoms with E-state index in [1.165, 1.54) is 12.1 Å². The molecule has 1 aromatic heterocycles. The maximum Gasteiger partial charge on any atom is 0.416 e. The minimum Gasteiger partial charge on any atom is -0.363 e. The summed E-state index contributed by atoms with van der Waals surface area (Å²) < 4.78 is 65.7. The lowest BCUT2D eigenvalue weighted by molar-refractivity contribution is -0.137. The maximum atomic E-state index is 15.5. The first kappa shape index (κ1) is 24.4. The molecule has 1 N–H and O–H groups in total. The first-order chi connectivity index (χ1) is 16.1. The Morgan fingerprint density at radius 2 is 1.88 bits per heavy atom. The van der Waals surface area contributed by atoms with E-state index in [0.29, 0.717) is 24.4 Å². The molecule has 0 bridgehead atoms. The smallest absolute Gasteiger partial charge is 0.363 e. The van der Waals surface area contributed by atoms with Crippen molar-refractivity contribution in [3.05, 3.63) is 70.8 Å². The average Bonchev–Trinajstić information content (AvgIpc) is 3.63. The first-order valence-electron chi connectivity index (χ1n) is 11.0. The van der Waals surface area contributed by atoms with E-state index >= 15 is 4.39 Å². The molecule has 2 aliphatic rings. The van der Waals surface area contributed by atoms with Crippen molar-refractivity contribution in [2.24, 2.45) is 0 Å². The molecule has 4 rings (SSSR count). The number of rotatable bonds is 8. The monoisotopic (exact) mass is 494 g/mol. The van der Waals surface area contributed by atoms with Crippen molar-refractivity contribution in [1.82, 2.24) is 9.97 Å². The molecule has 1 heterocycles. The number of anilines is 2. The van der Waals surface area contributed by atoms with Gasteiger partial charge in [-0.25, -0.2) is 9.97 Å². The van der Waals surface area contributed by atoms with Gasteiger partial charge < -0.3 is 10.2 Å². The molecule has 1 saturated carbocycles. The van der Waals surface area contributed by atoms with Crippen LogP contribution in [0.4, 0.5) is 29.2 Å². The van der Waals surface area contributed by atoms with E-state index in [9.17, 15) is 17.4 Å². The molecule has 0 spiro atoms. The third-order valence-electron chi connectivity index (χ3n) is 5.86. The van der Waals surface area contributed by atoms with Crippen LogP contribution in [-0.2, 0) is 23.5 Å². The lowest BCUT2D eigenvalue weighted by Gasteiger charge is -2.25. The number of hydrogen-bond acceptors (Lipinski definition) is 5. The van der Waals surface area contributed by atoms with Crippen molar-refractivity contribution in [2.45, 2.75) is 50.2 Å². The quantitative estimate of drug-likeness (QED) is 0.514. The molecule has 2 aromatic rings. The molecule has 0 aliphatic heterocycles. The van der Waals surface area contributed by atoms with E-state index in [0.717, 1.165) is 30.5 Å². The predicted molar refractivity (Wildman–Crippen MR) is 126 cm³/mol. The summed E-state index contributed by atoms with van der Waals surface area (Å²) in [7, 11) is -0.937. The number of nitrogens with one attached hydrogen (secondary N) is 1. The van der Waals surface area contributed by atoms with Crippen LogP contribution in [0.2, 0.25) is 0 Å². The lowest BCUT2D eigenvalue weighted by Crippen LogP contribution is -2.28. The van der Waals surface area contributed by atoms with Crippen molar-refractivity contribution in [3.63, 3.8) is 0 Å². The van der Waals surface area contributed by atoms with Crippen LogP contribution >= 0.6 is 0 Å². The standard InChI is InChI=1S/C24H26F4N4OS/c1-15-30-22(29-13-16-5-11-20(12-6-16)34(2)33)21(25)23(31-15)32(19-9-10-19)14-17-3-7-18(8-4-17)24(26,27)28/h3-8,11,19-20H,9-10,12-14H2,1-2H3,(H,29,30,31). The molecule has 5 nitrogen and oxygen atoms in total. The lowest BCUT2D eigenvalue weighted by atomic mass is 10.1. The van der Waals surface area contributed by atoms with Gasteiger partial charge in [-0.1, -0.05) is 30.4 Å². The molecule has 0 saturated heterocycles. The Kier molecular flexibility index (Phi) is 7.06. The van der Waals surface area contributed by atoms with Gasteiger partial charge in [-0.05, 0) is 49.5 Å². The molecule has 182 valence electrons. The Bertz CT molecular complexity index is 1130. The molecular formula is C24H26F4N4OS. The number of benzene rings is 1. The highest BCUT2D eigenvalue weighted by Crippen LogP contribution is 2.36. The Labute approximate surface area is 198 Å². The van der Waals surface area contributed by atoms with Gasteiger partial charge in [0.15, 0.2) is 11.6 Å². The van der Waals surface area contributed by atoms with Gasteiger partial charge in [0, 0.05) is 36.2 Å². The number of alkyl halides is 3. The second-order valence-electron chi connectivity index (χ2n) is 8.58. The van der Waals surface area contributed by atoms with E-state index in [4.69, 9.17) is 0 Å². The van der Waals surface area contributed by atoms with Crippen molar-refractivity contribution < 1.29 is 21.8 Å². The highest BCUT2D eigenvalue weighted by atomic mass is 32.2. The number of aromatic nitrogens is 2. The van der Waals surface area contributed by atoms with Crippen LogP contribution in [0.5, 0.6) is 0 Å². The summed E-state index contributed by atoms with van der Waals surface area (Å²) >= 11 is 0. The zero-order valence-corrected chi connectivity index (χ0v) is 19.7. The highest BCUT2D eigenvalue weighted by Gasteiger charge is 2.34. The van der Waals surface area contributed by atoms with Crippen molar-refractivity contribution in [3.8, 4) is 0 Å². The van der Waals surface area contributed by atoms with Crippen molar-refractivity contribution in [1.29, 1.82) is 0 Å². The first-order valence-corrected chi connectivity index (χ1v) is 12.6. The van der Waals surface area contributed by atoms with E-state index in [1.807, 2.05) is 18.2 Å². The maximum absolute atomic E-state index is 15.5. The van der Waals surface area contributed by atoms with E-state index in [2.05, 4.69) is 15.3 Å². The normalized spacial score (nSPS) is 19.0. The molecule has 2 aliphatic carbocycles. The molecule has 2 atom stereocenters. The second kappa shape index (κ2) is 9.85. The number of nitrogens with zero attached hydrogens (tertiary/aromatic N) is 3. The molecule has 34 heavy (non-hydrogen) atoms. The third kappa shape index (κ3) is 5.84. The van der Waals surface area contributed by atoms with Crippen LogP contribution in [0.15, 0.2) is 48.1 Å². The number of aryl methyl sites for hydroxylation is 1. The molecule has 2 unspecified atom stereocenters. The average molecular weight is 495 g/mol. The predicted octanol–water partition coefficient (Wildman–Crippen LogP) is 5.16. The molecule has 1 fully saturated rings. The Morgan fingerprint density at radius 1 is 1.18 bits per heavy atom. The Hall–Kier alpha value is -2.75. The highest BCUT2D eigenvalue weighted by molar-refractivity contribution is 7.85. The van der Waals surface area contributed by atoms with Gasteiger partial charge in [-0.3, -0.25) is 4.21 Å². The van der Waals surface area contributed by atoms with E-state index in [1.54, 1.807) is 18.1 Å². The SMILES string of the molecule is Cc1nc(NCC2=CCC(S(C)=O)C=C2)c(F)c(N(Cc2ccc(C(F)(F)F)cc2)C2CC2)n1. The summed E-state index contributed by atoms with van der Waals surface area (Å²) in [6, 6.07) is 5.00. The van der Waals surface area contributed by atoms with Gasteiger partial charge in [0.1, 0.15) is 5.82 Å². The van der Waals surface area contributed by atoms with Crippen molar-refractivity contribution in [2.75, 3.05) is 23.0 Å². The van der Waals surface area contributed by atoms with Crippen LogP contribution < -0.4 is 10.2 Å². The summed E-state index contributed by atoms with van der Waals surface area (Å²) in [5, 5.41) is 3.03. The van der Waals surface area contributed by atoms with Gasteiger partial charge in [0.05, 0.1) is 10.8 Å². The largest absolute Gasteiger partial charge is 0.416 e. The molecule has 0 radical (unpaired) electrons. The van der Waals surface area contributed by atoms with Crippen LogP contribution in [-0.4, -0.2) is 38.3 Å². The van der Waals surface area contributed by atoms with Crippen LogP contribution in [0.25, 0.3) is 0 Å². The summed E-state index contributed by atoms with van der Waals surface area (Å²) in [4.78, 5) is 10.4. The van der Waals surface area contributed by atoms with Crippen LogP contribution in [0.1, 0.15) is 36.2 Å². The van der Waals surface area contributed by atoms with Gasteiger partial charge in [0.25, 0.3) is 0 Å². The molecule has 0 amide bonds. The van der Waals surface area contributed by atoms with Crippen LogP contribution in [0.3, 0.4) is 0 Å². The molecular weight excluding hydrogens is 468 g/mol. The van der Waals surface area contributed by atoms with E-state index < -0.39 is 28.4 Å². The minimum absolute atomic E-state index is 0.00863. The fourth-order valence-electron chi connectivity index (χ4n) is 3.82.